The average molecular weight is 335 g/mol. The van der Waals surface area contributed by atoms with Gasteiger partial charge in [0.25, 0.3) is 0 Å². The Balaban J connectivity index is 3.70. The minimum atomic E-state index is -2.41. The highest BCUT2D eigenvalue weighted by atomic mass is 28.4. The summed E-state index contributed by atoms with van der Waals surface area (Å²) in [4.78, 5) is 0. The second-order valence-electron chi connectivity index (χ2n) is 5.39. The van der Waals surface area contributed by atoms with Crippen LogP contribution in [0.2, 0.25) is 6.04 Å². The van der Waals surface area contributed by atoms with Gasteiger partial charge in [-0.2, -0.15) is 0 Å². The highest BCUT2D eigenvalue weighted by Crippen LogP contribution is 2.20. The smallest absolute Gasteiger partial charge is 0.374 e. The molecule has 0 aromatic rings. The lowest BCUT2D eigenvalue weighted by Crippen LogP contribution is -2.45. The molecule has 0 spiro atoms. The number of rotatable bonds is 17. The molecule has 22 heavy (non-hydrogen) atoms. The Labute approximate surface area is 138 Å². The first-order valence-electron chi connectivity index (χ1n) is 9.07. The Kier molecular flexibility index (Phi) is 15.9. The summed E-state index contributed by atoms with van der Waals surface area (Å²) in [6.07, 6.45) is 7.50. The maximum absolute atomic E-state index is 5.87. The molecule has 0 fully saturated rings. The molecule has 6 heteroatoms. The van der Waals surface area contributed by atoms with E-state index in [1.807, 2.05) is 20.8 Å². The molecule has 0 aliphatic rings. The number of nitrogens with one attached hydrogen (secondary N) is 1. The number of hydrogen-bond donors (Lipinski definition) is 2. The van der Waals surface area contributed by atoms with Crippen LogP contribution in [0.1, 0.15) is 59.3 Å². The van der Waals surface area contributed by atoms with Crippen molar-refractivity contribution in [2.45, 2.75) is 65.3 Å². The van der Waals surface area contributed by atoms with Crippen LogP contribution in [-0.4, -0.2) is 48.3 Å². The fourth-order valence-corrected chi connectivity index (χ4v) is 5.21. The maximum atomic E-state index is 5.87. The van der Waals surface area contributed by atoms with E-state index in [1.165, 1.54) is 32.1 Å². The topological polar surface area (TPSA) is 65.7 Å². The SMILES string of the molecule is CCO[Si](CCCCCCCCNCCN)(OCC)OCC. The summed E-state index contributed by atoms with van der Waals surface area (Å²) in [6.45, 7) is 10.8. The highest BCUT2D eigenvalue weighted by molar-refractivity contribution is 6.60. The van der Waals surface area contributed by atoms with Crippen LogP contribution in [0.4, 0.5) is 0 Å². The molecule has 0 radical (unpaired) electrons. The summed E-state index contributed by atoms with van der Waals surface area (Å²) in [5, 5.41) is 3.33. The molecule has 0 aliphatic carbocycles. The van der Waals surface area contributed by atoms with E-state index in [4.69, 9.17) is 19.0 Å². The van der Waals surface area contributed by atoms with Gasteiger partial charge < -0.3 is 24.3 Å². The second kappa shape index (κ2) is 15.9. The zero-order chi connectivity index (χ0) is 16.5. The Morgan fingerprint density at radius 3 is 1.73 bits per heavy atom. The van der Waals surface area contributed by atoms with Crippen molar-refractivity contribution in [3.8, 4) is 0 Å². The van der Waals surface area contributed by atoms with Gasteiger partial charge in [-0.15, -0.1) is 0 Å². The molecule has 3 N–H and O–H groups in total. The molecule has 0 saturated carbocycles. The average Bonchev–Trinajstić information content (AvgIpc) is 2.50. The third-order valence-electron chi connectivity index (χ3n) is 3.50. The number of unbranched alkanes of at least 4 members (excludes halogenated alkanes) is 5. The van der Waals surface area contributed by atoms with Crippen LogP contribution in [-0.2, 0) is 13.3 Å². The van der Waals surface area contributed by atoms with Crippen LogP contribution in [0.25, 0.3) is 0 Å². The van der Waals surface area contributed by atoms with Crippen molar-refractivity contribution >= 4 is 8.80 Å². The molecule has 0 amide bonds. The molecule has 0 aromatic carbocycles. The molecule has 0 saturated heterocycles. The molecule has 0 aliphatic heterocycles. The molecule has 0 atom stereocenters. The minimum Gasteiger partial charge on any atom is -0.374 e. The third-order valence-corrected chi connectivity index (χ3v) is 6.65. The molecule has 0 unspecified atom stereocenters. The summed E-state index contributed by atoms with van der Waals surface area (Å²) in [6, 6.07) is 0.945. The number of hydrogen-bond acceptors (Lipinski definition) is 5. The lowest BCUT2D eigenvalue weighted by molar-refractivity contribution is 0.0706. The van der Waals surface area contributed by atoms with E-state index in [2.05, 4.69) is 5.32 Å². The van der Waals surface area contributed by atoms with E-state index >= 15 is 0 Å². The van der Waals surface area contributed by atoms with Crippen molar-refractivity contribution in [2.75, 3.05) is 39.5 Å². The molecule has 0 bridgehead atoms. The van der Waals surface area contributed by atoms with Gasteiger partial charge in [-0.3, -0.25) is 0 Å². The van der Waals surface area contributed by atoms with E-state index in [0.717, 1.165) is 32.1 Å². The van der Waals surface area contributed by atoms with Crippen molar-refractivity contribution in [3.63, 3.8) is 0 Å². The summed E-state index contributed by atoms with van der Waals surface area (Å²) >= 11 is 0. The Morgan fingerprint density at radius 1 is 0.727 bits per heavy atom. The standard InChI is InChI=1S/C16H38N2O3Si/c1-4-19-22(20-5-2,21-6-3)16-12-10-8-7-9-11-14-18-15-13-17/h18H,4-17H2,1-3H3. The van der Waals surface area contributed by atoms with Gasteiger partial charge in [0.1, 0.15) is 0 Å². The molecular weight excluding hydrogens is 296 g/mol. The first kappa shape index (κ1) is 22.0. The predicted octanol–water partition coefficient (Wildman–Crippen LogP) is 2.92. The Hall–Kier alpha value is 0.0169. The monoisotopic (exact) mass is 334 g/mol. The molecule has 134 valence electrons. The van der Waals surface area contributed by atoms with Crippen LogP contribution in [0.3, 0.4) is 0 Å². The molecule has 0 heterocycles. The minimum absolute atomic E-state index is 0.669. The van der Waals surface area contributed by atoms with Crippen LogP contribution >= 0.6 is 0 Å². The van der Waals surface area contributed by atoms with E-state index in [0.29, 0.717) is 19.8 Å². The lowest BCUT2D eigenvalue weighted by Gasteiger charge is -2.28. The third kappa shape index (κ3) is 11.6. The van der Waals surface area contributed by atoms with E-state index in [9.17, 15) is 0 Å². The highest BCUT2D eigenvalue weighted by Gasteiger charge is 2.39. The Morgan fingerprint density at radius 2 is 1.23 bits per heavy atom. The largest absolute Gasteiger partial charge is 0.500 e. The van der Waals surface area contributed by atoms with Crippen molar-refractivity contribution in [1.29, 1.82) is 0 Å². The van der Waals surface area contributed by atoms with Crippen molar-refractivity contribution in [3.05, 3.63) is 0 Å². The van der Waals surface area contributed by atoms with Gasteiger partial charge in [-0.1, -0.05) is 25.7 Å². The van der Waals surface area contributed by atoms with E-state index in [-0.39, 0.29) is 0 Å². The summed E-state index contributed by atoms with van der Waals surface area (Å²) in [7, 11) is -2.41. The van der Waals surface area contributed by atoms with E-state index in [1.54, 1.807) is 0 Å². The van der Waals surface area contributed by atoms with Crippen LogP contribution < -0.4 is 11.1 Å². The Bertz CT molecular complexity index is 216. The van der Waals surface area contributed by atoms with Crippen LogP contribution in [0.5, 0.6) is 0 Å². The molecule has 0 aromatic heterocycles. The van der Waals surface area contributed by atoms with Gasteiger partial charge in [0.15, 0.2) is 0 Å². The normalized spacial score (nSPS) is 12.0. The summed E-state index contributed by atoms with van der Waals surface area (Å²) < 4.78 is 17.6. The van der Waals surface area contributed by atoms with Gasteiger partial charge in [0.2, 0.25) is 0 Å². The zero-order valence-electron chi connectivity index (χ0n) is 15.0. The van der Waals surface area contributed by atoms with Crippen LogP contribution in [0, 0.1) is 0 Å². The van der Waals surface area contributed by atoms with Gasteiger partial charge in [-0.05, 0) is 40.2 Å². The second-order valence-corrected chi connectivity index (χ2v) is 8.12. The van der Waals surface area contributed by atoms with Gasteiger partial charge in [0.05, 0.1) is 0 Å². The van der Waals surface area contributed by atoms with Crippen molar-refractivity contribution < 1.29 is 13.3 Å². The quantitative estimate of drug-likeness (QED) is 0.316. The first-order chi connectivity index (χ1) is 10.7. The fraction of sp³-hybridized carbons (Fsp3) is 1.00. The summed E-state index contributed by atoms with van der Waals surface area (Å²) in [5.41, 5.74) is 5.43. The predicted molar refractivity (Wildman–Crippen MR) is 95.1 cm³/mol. The molecular formula is C16H38N2O3Si. The zero-order valence-corrected chi connectivity index (χ0v) is 16.0. The molecule has 0 rings (SSSR count). The van der Waals surface area contributed by atoms with Gasteiger partial charge in [0, 0.05) is 39.0 Å². The lowest BCUT2D eigenvalue weighted by atomic mass is 10.1. The van der Waals surface area contributed by atoms with Gasteiger partial charge >= 0.3 is 8.80 Å². The van der Waals surface area contributed by atoms with Crippen molar-refractivity contribution in [2.24, 2.45) is 5.73 Å². The number of nitrogens with two attached hydrogens (primary N) is 1. The van der Waals surface area contributed by atoms with Crippen molar-refractivity contribution in [1.82, 2.24) is 5.32 Å². The fourth-order valence-electron chi connectivity index (χ4n) is 2.53. The van der Waals surface area contributed by atoms with Gasteiger partial charge in [-0.25, -0.2) is 0 Å². The van der Waals surface area contributed by atoms with E-state index < -0.39 is 8.80 Å². The maximum Gasteiger partial charge on any atom is 0.500 e. The van der Waals surface area contributed by atoms with Crippen LogP contribution in [0.15, 0.2) is 0 Å². The first-order valence-corrected chi connectivity index (χ1v) is 11.0. The summed E-state index contributed by atoms with van der Waals surface area (Å²) in [5.74, 6) is 0. The molecule has 5 nitrogen and oxygen atoms in total.